The molecule has 0 bridgehead atoms. The number of aliphatic carboxylic acids is 1. The Morgan fingerprint density at radius 2 is 2.00 bits per heavy atom. The number of urea groups is 1. The average molecular weight is 293 g/mol. The lowest BCUT2D eigenvalue weighted by Gasteiger charge is -2.29. The van der Waals surface area contributed by atoms with Crippen molar-refractivity contribution in [3.05, 3.63) is 29.6 Å². The molecule has 0 saturated heterocycles. The zero-order valence-corrected chi connectivity index (χ0v) is 13.2. The van der Waals surface area contributed by atoms with Gasteiger partial charge in [0.15, 0.2) is 0 Å². The van der Waals surface area contributed by atoms with Crippen LogP contribution in [0.1, 0.15) is 32.2 Å². The molecule has 1 aromatic heterocycles. The third kappa shape index (κ3) is 5.06. The summed E-state index contributed by atoms with van der Waals surface area (Å²) < 4.78 is 0. The minimum Gasteiger partial charge on any atom is -0.480 e. The van der Waals surface area contributed by atoms with E-state index in [1.165, 1.54) is 4.90 Å². The van der Waals surface area contributed by atoms with Crippen LogP contribution < -0.4 is 5.32 Å². The predicted octanol–water partition coefficient (Wildman–Crippen LogP) is 2.03. The van der Waals surface area contributed by atoms with Gasteiger partial charge in [0.25, 0.3) is 0 Å². The van der Waals surface area contributed by atoms with E-state index in [1.54, 1.807) is 27.8 Å². The lowest BCUT2D eigenvalue weighted by Crippen LogP contribution is -2.52. The number of nitrogens with zero attached hydrogens (tertiary/aromatic N) is 2. The zero-order valence-electron chi connectivity index (χ0n) is 13.2. The third-order valence-corrected chi connectivity index (χ3v) is 3.07. The van der Waals surface area contributed by atoms with Crippen LogP contribution in [0.3, 0.4) is 0 Å². The van der Waals surface area contributed by atoms with E-state index in [1.807, 2.05) is 25.1 Å². The number of rotatable bonds is 4. The molecule has 2 amide bonds. The van der Waals surface area contributed by atoms with Gasteiger partial charge in [0.1, 0.15) is 6.04 Å². The Labute approximate surface area is 125 Å². The molecule has 0 spiro atoms. The first kappa shape index (κ1) is 16.9. The highest BCUT2D eigenvalue weighted by atomic mass is 16.4. The Balaban J connectivity index is 2.72. The lowest BCUT2D eigenvalue weighted by atomic mass is 9.87. The molecule has 1 heterocycles. The zero-order chi connectivity index (χ0) is 16.2. The second-order valence-corrected chi connectivity index (χ2v) is 6.21. The smallest absolute Gasteiger partial charge is 0.326 e. The summed E-state index contributed by atoms with van der Waals surface area (Å²) in [6, 6.07) is 4.20. The summed E-state index contributed by atoms with van der Waals surface area (Å²) in [5.74, 6) is -1.04. The Kier molecular flexibility index (Phi) is 5.29. The number of pyridine rings is 1. The van der Waals surface area contributed by atoms with Crippen LogP contribution in [0.15, 0.2) is 18.2 Å². The summed E-state index contributed by atoms with van der Waals surface area (Å²) in [4.78, 5) is 29.1. The topological polar surface area (TPSA) is 82.5 Å². The summed E-state index contributed by atoms with van der Waals surface area (Å²) in [5, 5.41) is 11.8. The fourth-order valence-corrected chi connectivity index (χ4v) is 1.88. The number of carboxylic acids is 1. The molecule has 2 N–H and O–H groups in total. The molecule has 0 fully saturated rings. The normalized spacial score (nSPS) is 12.6. The number of carbonyl (C=O) groups is 2. The number of hydrogen-bond acceptors (Lipinski definition) is 3. The molecule has 0 aliphatic carbocycles. The van der Waals surface area contributed by atoms with Crippen LogP contribution in [0.5, 0.6) is 0 Å². The summed E-state index contributed by atoms with van der Waals surface area (Å²) in [6.45, 7) is 7.52. The molecule has 0 aromatic carbocycles. The van der Waals surface area contributed by atoms with Crippen molar-refractivity contribution in [1.29, 1.82) is 0 Å². The van der Waals surface area contributed by atoms with Gasteiger partial charge in [-0.05, 0) is 24.5 Å². The standard InChI is InChI=1S/C15H23N3O3/c1-10-7-6-8-11(16-10)9-18(5)14(21)17-12(13(19)20)15(2,3)4/h6-8,12H,9H2,1-5H3,(H,17,21)(H,19,20)/t12-/m1/s1. The summed E-state index contributed by atoms with van der Waals surface area (Å²) in [7, 11) is 1.61. The van der Waals surface area contributed by atoms with Crippen LogP contribution in [-0.2, 0) is 11.3 Å². The second-order valence-electron chi connectivity index (χ2n) is 6.21. The molecule has 21 heavy (non-hydrogen) atoms. The number of carboxylic acid groups (broad SMARTS) is 1. The van der Waals surface area contributed by atoms with Crippen molar-refractivity contribution in [2.45, 2.75) is 40.3 Å². The maximum Gasteiger partial charge on any atom is 0.326 e. The van der Waals surface area contributed by atoms with Crippen molar-refractivity contribution in [3.8, 4) is 0 Å². The van der Waals surface area contributed by atoms with E-state index in [9.17, 15) is 14.7 Å². The van der Waals surface area contributed by atoms with Crippen LogP contribution in [0, 0.1) is 12.3 Å². The van der Waals surface area contributed by atoms with E-state index >= 15 is 0 Å². The van der Waals surface area contributed by atoms with Crippen molar-refractivity contribution in [3.63, 3.8) is 0 Å². The van der Waals surface area contributed by atoms with Gasteiger partial charge < -0.3 is 15.3 Å². The summed E-state index contributed by atoms with van der Waals surface area (Å²) >= 11 is 0. The van der Waals surface area contributed by atoms with Crippen LogP contribution in [0.25, 0.3) is 0 Å². The van der Waals surface area contributed by atoms with E-state index in [-0.39, 0.29) is 0 Å². The Morgan fingerprint density at radius 1 is 1.38 bits per heavy atom. The summed E-state index contributed by atoms with van der Waals surface area (Å²) in [6.07, 6.45) is 0. The molecule has 1 atom stereocenters. The highest BCUT2D eigenvalue weighted by molar-refractivity contribution is 5.83. The van der Waals surface area contributed by atoms with Crippen molar-refractivity contribution in [2.75, 3.05) is 7.05 Å². The van der Waals surface area contributed by atoms with Gasteiger partial charge in [-0.15, -0.1) is 0 Å². The lowest BCUT2D eigenvalue weighted by molar-refractivity contribution is -0.142. The molecule has 0 saturated carbocycles. The number of hydrogen-bond donors (Lipinski definition) is 2. The molecule has 0 aliphatic heterocycles. The van der Waals surface area contributed by atoms with E-state index in [0.29, 0.717) is 6.54 Å². The fourth-order valence-electron chi connectivity index (χ4n) is 1.88. The largest absolute Gasteiger partial charge is 0.480 e. The molecule has 1 aromatic rings. The van der Waals surface area contributed by atoms with Gasteiger partial charge in [-0.3, -0.25) is 4.98 Å². The number of aryl methyl sites for hydroxylation is 1. The van der Waals surface area contributed by atoms with E-state index in [4.69, 9.17) is 0 Å². The van der Waals surface area contributed by atoms with Crippen molar-refractivity contribution in [2.24, 2.45) is 5.41 Å². The van der Waals surface area contributed by atoms with Crippen LogP contribution in [-0.4, -0.2) is 40.1 Å². The predicted molar refractivity (Wildman–Crippen MR) is 79.9 cm³/mol. The first-order chi connectivity index (χ1) is 9.61. The average Bonchev–Trinajstić information content (AvgIpc) is 2.33. The number of aromatic nitrogens is 1. The third-order valence-electron chi connectivity index (χ3n) is 3.07. The molecule has 0 unspecified atom stereocenters. The Morgan fingerprint density at radius 3 is 2.48 bits per heavy atom. The van der Waals surface area contributed by atoms with E-state index in [2.05, 4.69) is 10.3 Å². The molecular formula is C15H23N3O3. The number of amides is 2. The highest BCUT2D eigenvalue weighted by Gasteiger charge is 2.33. The fraction of sp³-hybridized carbons (Fsp3) is 0.533. The van der Waals surface area contributed by atoms with Crippen molar-refractivity contribution < 1.29 is 14.7 Å². The van der Waals surface area contributed by atoms with Gasteiger partial charge in [-0.2, -0.15) is 0 Å². The van der Waals surface area contributed by atoms with Gasteiger partial charge in [0.2, 0.25) is 0 Å². The molecule has 6 heteroatoms. The Hall–Kier alpha value is -2.11. The van der Waals surface area contributed by atoms with E-state index in [0.717, 1.165) is 11.4 Å². The molecular weight excluding hydrogens is 270 g/mol. The van der Waals surface area contributed by atoms with Crippen molar-refractivity contribution in [1.82, 2.24) is 15.2 Å². The van der Waals surface area contributed by atoms with Crippen LogP contribution in [0.4, 0.5) is 4.79 Å². The maximum atomic E-state index is 12.1. The van der Waals surface area contributed by atoms with Crippen LogP contribution in [0.2, 0.25) is 0 Å². The molecule has 6 nitrogen and oxygen atoms in total. The molecule has 0 radical (unpaired) electrons. The minimum absolute atomic E-state index is 0.323. The van der Waals surface area contributed by atoms with Gasteiger partial charge in [0, 0.05) is 12.7 Å². The maximum absolute atomic E-state index is 12.1. The molecule has 116 valence electrons. The van der Waals surface area contributed by atoms with Gasteiger partial charge >= 0.3 is 12.0 Å². The molecule has 0 aliphatic rings. The monoisotopic (exact) mass is 293 g/mol. The molecule has 1 rings (SSSR count). The number of nitrogens with one attached hydrogen (secondary N) is 1. The minimum atomic E-state index is -1.04. The van der Waals surface area contributed by atoms with Gasteiger partial charge in [-0.1, -0.05) is 26.8 Å². The highest BCUT2D eigenvalue weighted by Crippen LogP contribution is 2.19. The quantitative estimate of drug-likeness (QED) is 0.890. The van der Waals surface area contributed by atoms with Crippen molar-refractivity contribution >= 4 is 12.0 Å². The second kappa shape index (κ2) is 6.56. The van der Waals surface area contributed by atoms with Crippen LogP contribution >= 0.6 is 0 Å². The SMILES string of the molecule is Cc1cccc(CN(C)C(=O)N[C@H](C(=O)O)C(C)(C)C)n1. The number of carbonyl (C=O) groups excluding carboxylic acids is 1. The van der Waals surface area contributed by atoms with Gasteiger partial charge in [0.05, 0.1) is 12.2 Å². The Bertz CT molecular complexity index is 523. The first-order valence-corrected chi connectivity index (χ1v) is 6.78. The van der Waals surface area contributed by atoms with E-state index < -0.39 is 23.5 Å². The first-order valence-electron chi connectivity index (χ1n) is 6.78. The van der Waals surface area contributed by atoms with Gasteiger partial charge in [-0.25, -0.2) is 9.59 Å². The summed E-state index contributed by atoms with van der Waals surface area (Å²) in [5.41, 5.74) is 1.07.